The highest BCUT2D eigenvalue weighted by atomic mass is 32.2. The largest absolute Gasteiger partial charge is 0.392 e. The molecule has 1 fully saturated rings. The Balaban J connectivity index is 2.33. The maximum absolute atomic E-state index is 11.4. The average molecular weight is 223 g/mol. The summed E-state index contributed by atoms with van der Waals surface area (Å²) in [6.45, 7) is 2.25. The van der Waals surface area contributed by atoms with E-state index in [4.69, 9.17) is 9.84 Å². The van der Waals surface area contributed by atoms with Crippen molar-refractivity contribution in [3.05, 3.63) is 0 Å². The molecule has 0 aliphatic carbocycles. The molecule has 1 saturated heterocycles. The fourth-order valence-corrected chi connectivity index (χ4v) is 2.69. The summed E-state index contributed by atoms with van der Waals surface area (Å²) in [7, 11) is -3.30. The fraction of sp³-hybridized carbons (Fsp3) is 1.00. The normalized spacial score (nSPS) is 25.1. The van der Waals surface area contributed by atoms with Crippen LogP contribution in [-0.4, -0.2) is 44.6 Å². The molecule has 0 aromatic heterocycles. The fourth-order valence-electron chi connectivity index (χ4n) is 1.33. The highest BCUT2D eigenvalue weighted by Gasteiger charge is 2.23. The van der Waals surface area contributed by atoms with E-state index in [2.05, 4.69) is 4.72 Å². The summed E-state index contributed by atoms with van der Waals surface area (Å²) in [4.78, 5) is 0. The Morgan fingerprint density at radius 1 is 1.64 bits per heavy atom. The van der Waals surface area contributed by atoms with E-state index in [1.807, 2.05) is 0 Å². The van der Waals surface area contributed by atoms with Gasteiger partial charge in [0.05, 0.1) is 18.0 Å². The predicted molar refractivity (Wildman–Crippen MR) is 52.4 cm³/mol. The highest BCUT2D eigenvalue weighted by molar-refractivity contribution is 7.89. The predicted octanol–water partition coefficient (Wildman–Crippen LogP) is -0.534. The molecule has 0 saturated carbocycles. The van der Waals surface area contributed by atoms with Gasteiger partial charge in [-0.3, -0.25) is 0 Å². The monoisotopic (exact) mass is 223 g/mol. The van der Waals surface area contributed by atoms with Crippen molar-refractivity contribution in [3.63, 3.8) is 0 Å². The molecule has 14 heavy (non-hydrogen) atoms. The van der Waals surface area contributed by atoms with Crippen LogP contribution in [0.2, 0.25) is 0 Å². The molecule has 2 N–H and O–H groups in total. The Morgan fingerprint density at radius 2 is 2.36 bits per heavy atom. The summed E-state index contributed by atoms with van der Waals surface area (Å²) in [6.07, 6.45) is 0.891. The smallest absolute Gasteiger partial charge is 0.214 e. The molecule has 5 nitrogen and oxygen atoms in total. The molecular weight excluding hydrogens is 206 g/mol. The topological polar surface area (TPSA) is 75.6 Å². The van der Waals surface area contributed by atoms with Crippen LogP contribution in [0.1, 0.15) is 19.8 Å². The number of hydrogen-bond acceptors (Lipinski definition) is 4. The molecule has 0 amide bonds. The van der Waals surface area contributed by atoms with Gasteiger partial charge in [-0.15, -0.1) is 0 Å². The zero-order valence-corrected chi connectivity index (χ0v) is 9.09. The molecule has 1 aliphatic heterocycles. The first-order chi connectivity index (χ1) is 6.49. The lowest BCUT2D eigenvalue weighted by Crippen LogP contribution is -2.35. The van der Waals surface area contributed by atoms with Gasteiger partial charge in [0.1, 0.15) is 0 Å². The number of sulfonamides is 1. The van der Waals surface area contributed by atoms with Crippen LogP contribution in [0, 0.1) is 0 Å². The Kier molecular flexibility index (Phi) is 4.31. The SMILES string of the molecule is C[C@H](O)CNS(=O)(=O)CC1CCCO1. The van der Waals surface area contributed by atoms with Crippen molar-refractivity contribution < 1.29 is 18.3 Å². The van der Waals surface area contributed by atoms with Gasteiger partial charge in [0, 0.05) is 13.2 Å². The van der Waals surface area contributed by atoms with Crippen molar-refractivity contribution in [2.24, 2.45) is 0 Å². The average Bonchev–Trinajstić information content (AvgIpc) is 2.53. The molecular formula is C8H17NO4S. The Morgan fingerprint density at radius 3 is 2.86 bits per heavy atom. The molecule has 0 spiro atoms. The number of aliphatic hydroxyl groups excluding tert-OH is 1. The third-order valence-corrected chi connectivity index (χ3v) is 3.45. The molecule has 84 valence electrons. The van der Waals surface area contributed by atoms with Gasteiger partial charge in [0.25, 0.3) is 0 Å². The maximum Gasteiger partial charge on any atom is 0.214 e. The molecule has 1 heterocycles. The third kappa shape index (κ3) is 4.36. The minimum absolute atomic E-state index is 0.000278. The molecule has 1 aliphatic rings. The number of nitrogens with one attached hydrogen (secondary N) is 1. The molecule has 0 aromatic rings. The van der Waals surface area contributed by atoms with Crippen LogP contribution in [0.15, 0.2) is 0 Å². The standard InChI is InChI=1S/C8H17NO4S/c1-7(10)5-9-14(11,12)6-8-3-2-4-13-8/h7-10H,2-6H2,1H3/t7-,8?/m0/s1. The summed E-state index contributed by atoms with van der Waals surface area (Å²) in [6, 6.07) is 0. The van der Waals surface area contributed by atoms with E-state index >= 15 is 0 Å². The van der Waals surface area contributed by atoms with Crippen LogP contribution in [0.3, 0.4) is 0 Å². The van der Waals surface area contributed by atoms with Crippen molar-refractivity contribution in [1.82, 2.24) is 4.72 Å². The third-order valence-electron chi connectivity index (χ3n) is 2.03. The lowest BCUT2D eigenvalue weighted by molar-refractivity contribution is 0.127. The molecule has 0 bridgehead atoms. The quantitative estimate of drug-likeness (QED) is 0.656. The van der Waals surface area contributed by atoms with E-state index in [1.165, 1.54) is 6.92 Å². The van der Waals surface area contributed by atoms with E-state index < -0.39 is 16.1 Å². The molecule has 6 heteroatoms. The second kappa shape index (κ2) is 5.06. The Labute approximate surface area is 84.5 Å². The Hall–Kier alpha value is -0.170. The summed E-state index contributed by atoms with van der Waals surface area (Å²) in [5.74, 6) is -0.000278. The van der Waals surface area contributed by atoms with Gasteiger partial charge in [0.2, 0.25) is 10.0 Å². The second-order valence-electron chi connectivity index (χ2n) is 3.61. The van der Waals surface area contributed by atoms with Gasteiger partial charge in [-0.05, 0) is 19.8 Å². The first kappa shape index (κ1) is 11.9. The molecule has 1 unspecified atom stereocenters. The molecule has 0 radical (unpaired) electrons. The van der Waals surface area contributed by atoms with Crippen LogP contribution in [0.4, 0.5) is 0 Å². The second-order valence-corrected chi connectivity index (χ2v) is 5.47. The zero-order chi connectivity index (χ0) is 10.6. The molecule has 1 rings (SSSR count). The van der Waals surface area contributed by atoms with E-state index in [0.717, 1.165) is 12.8 Å². The van der Waals surface area contributed by atoms with E-state index in [9.17, 15) is 8.42 Å². The number of aliphatic hydroxyl groups is 1. The van der Waals surface area contributed by atoms with Crippen LogP contribution in [0.5, 0.6) is 0 Å². The van der Waals surface area contributed by atoms with E-state index in [-0.39, 0.29) is 18.4 Å². The molecule has 0 aromatic carbocycles. The summed E-state index contributed by atoms with van der Waals surface area (Å²) in [5.41, 5.74) is 0. The summed E-state index contributed by atoms with van der Waals surface area (Å²) >= 11 is 0. The summed E-state index contributed by atoms with van der Waals surface area (Å²) in [5, 5.41) is 8.92. The minimum Gasteiger partial charge on any atom is -0.392 e. The lowest BCUT2D eigenvalue weighted by atomic mass is 10.3. The van der Waals surface area contributed by atoms with Gasteiger partial charge in [-0.25, -0.2) is 13.1 Å². The minimum atomic E-state index is -3.30. The summed E-state index contributed by atoms with van der Waals surface area (Å²) < 4.78 is 30.3. The van der Waals surface area contributed by atoms with Crippen molar-refractivity contribution in [2.75, 3.05) is 18.9 Å². The van der Waals surface area contributed by atoms with Gasteiger partial charge in [0.15, 0.2) is 0 Å². The van der Waals surface area contributed by atoms with E-state index in [1.54, 1.807) is 0 Å². The van der Waals surface area contributed by atoms with Crippen LogP contribution in [-0.2, 0) is 14.8 Å². The maximum atomic E-state index is 11.4. The molecule has 2 atom stereocenters. The van der Waals surface area contributed by atoms with Crippen LogP contribution < -0.4 is 4.72 Å². The number of ether oxygens (including phenoxy) is 1. The van der Waals surface area contributed by atoms with Gasteiger partial charge in [-0.2, -0.15) is 0 Å². The van der Waals surface area contributed by atoms with Crippen molar-refractivity contribution >= 4 is 10.0 Å². The van der Waals surface area contributed by atoms with Crippen molar-refractivity contribution in [1.29, 1.82) is 0 Å². The van der Waals surface area contributed by atoms with Gasteiger partial charge in [-0.1, -0.05) is 0 Å². The number of hydrogen-bond donors (Lipinski definition) is 2. The van der Waals surface area contributed by atoms with Gasteiger partial charge < -0.3 is 9.84 Å². The van der Waals surface area contributed by atoms with Crippen LogP contribution >= 0.6 is 0 Å². The first-order valence-corrected chi connectivity index (χ1v) is 6.42. The highest BCUT2D eigenvalue weighted by Crippen LogP contribution is 2.13. The first-order valence-electron chi connectivity index (χ1n) is 4.76. The van der Waals surface area contributed by atoms with Gasteiger partial charge >= 0.3 is 0 Å². The van der Waals surface area contributed by atoms with Crippen molar-refractivity contribution in [3.8, 4) is 0 Å². The lowest BCUT2D eigenvalue weighted by Gasteiger charge is -2.11. The number of rotatable bonds is 5. The zero-order valence-electron chi connectivity index (χ0n) is 8.27. The Bertz CT molecular complexity index is 257. The van der Waals surface area contributed by atoms with E-state index in [0.29, 0.717) is 6.61 Å². The van der Waals surface area contributed by atoms with Crippen molar-refractivity contribution in [2.45, 2.75) is 32.0 Å². The van der Waals surface area contributed by atoms with Crippen LogP contribution in [0.25, 0.3) is 0 Å².